The van der Waals surface area contributed by atoms with Crippen molar-refractivity contribution in [3.05, 3.63) is 46.4 Å². The SMILES string of the molecule is CCCCCCOc1ccc(C2C3=C(CCCC3=O)OC3=C2C(=O)CCC3)cc1OC. The van der Waals surface area contributed by atoms with E-state index in [0.717, 1.165) is 55.6 Å². The molecule has 0 saturated heterocycles. The van der Waals surface area contributed by atoms with Gasteiger partial charge in [0, 0.05) is 42.7 Å². The fourth-order valence-corrected chi connectivity index (χ4v) is 4.84. The van der Waals surface area contributed by atoms with Crippen LogP contribution >= 0.6 is 0 Å². The minimum Gasteiger partial charge on any atom is -0.493 e. The molecule has 0 amide bonds. The molecule has 0 spiro atoms. The minimum absolute atomic E-state index is 0.0893. The summed E-state index contributed by atoms with van der Waals surface area (Å²) >= 11 is 0. The lowest BCUT2D eigenvalue weighted by Gasteiger charge is -2.36. The van der Waals surface area contributed by atoms with E-state index in [1.165, 1.54) is 12.8 Å². The summed E-state index contributed by atoms with van der Waals surface area (Å²) in [5.74, 6) is 2.65. The number of Topliss-reactive ketones (excluding diaryl/α,β-unsaturated/α-hetero) is 2. The Bertz CT molecular complexity index is 882. The second-order valence-corrected chi connectivity index (χ2v) is 8.58. The number of hydrogen-bond donors (Lipinski definition) is 0. The number of hydrogen-bond acceptors (Lipinski definition) is 5. The molecule has 1 aromatic carbocycles. The molecule has 166 valence electrons. The van der Waals surface area contributed by atoms with Crippen LogP contribution in [0.15, 0.2) is 40.9 Å². The van der Waals surface area contributed by atoms with E-state index >= 15 is 0 Å². The van der Waals surface area contributed by atoms with E-state index in [0.29, 0.717) is 42.1 Å². The van der Waals surface area contributed by atoms with Crippen LogP contribution in [0, 0.1) is 0 Å². The highest BCUT2D eigenvalue weighted by atomic mass is 16.5. The summed E-state index contributed by atoms with van der Waals surface area (Å²) < 4.78 is 17.7. The largest absolute Gasteiger partial charge is 0.493 e. The van der Waals surface area contributed by atoms with Crippen molar-refractivity contribution in [3.63, 3.8) is 0 Å². The molecule has 0 bridgehead atoms. The van der Waals surface area contributed by atoms with E-state index < -0.39 is 0 Å². The highest BCUT2D eigenvalue weighted by Crippen LogP contribution is 2.48. The van der Waals surface area contributed by atoms with Gasteiger partial charge in [0.2, 0.25) is 0 Å². The third kappa shape index (κ3) is 4.41. The second kappa shape index (κ2) is 9.71. The van der Waals surface area contributed by atoms with Crippen LogP contribution < -0.4 is 9.47 Å². The van der Waals surface area contributed by atoms with Gasteiger partial charge >= 0.3 is 0 Å². The van der Waals surface area contributed by atoms with E-state index in [2.05, 4.69) is 6.92 Å². The van der Waals surface area contributed by atoms with Crippen LogP contribution in [0.2, 0.25) is 0 Å². The zero-order chi connectivity index (χ0) is 21.8. The molecule has 1 aliphatic heterocycles. The molecule has 31 heavy (non-hydrogen) atoms. The van der Waals surface area contributed by atoms with Gasteiger partial charge in [-0.3, -0.25) is 9.59 Å². The fourth-order valence-electron chi connectivity index (χ4n) is 4.84. The van der Waals surface area contributed by atoms with Gasteiger partial charge in [-0.2, -0.15) is 0 Å². The molecule has 1 heterocycles. The first-order valence-corrected chi connectivity index (χ1v) is 11.6. The molecule has 0 aromatic heterocycles. The average molecular weight is 425 g/mol. The molecule has 0 radical (unpaired) electrons. The first-order valence-electron chi connectivity index (χ1n) is 11.6. The fraction of sp³-hybridized carbons (Fsp3) is 0.538. The van der Waals surface area contributed by atoms with Crippen molar-refractivity contribution in [2.75, 3.05) is 13.7 Å². The Hall–Kier alpha value is -2.56. The van der Waals surface area contributed by atoms with Crippen LogP contribution in [-0.2, 0) is 14.3 Å². The molecule has 4 rings (SSSR count). The Labute approximate surface area is 184 Å². The maximum atomic E-state index is 12.9. The van der Waals surface area contributed by atoms with Gasteiger partial charge in [-0.05, 0) is 37.0 Å². The van der Waals surface area contributed by atoms with Crippen LogP contribution in [0.1, 0.15) is 82.6 Å². The maximum Gasteiger partial charge on any atom is 0.163 e. The summed E-state index contributed by atoms with van der Waals surface area (Å²) in [6, 6.07) is 5.81. The first-order chi connectivity index (χ1) is 15.1. The molecule has 0 saturated carbocycles. The highest BCUT2D eigenvalue weighted by molar-refractivity contribution is 6.05. The Balaban J connectivity index is 1.67. The Morgan fingerprint density at radius 2 is 1.58 bits per heavy atom. The average Bonchev–Trinajstić information content (AvgIpc) is 2.78. The van der Waals surface area contributed by atoms with Crippen LogP contribution in [0.4, 0.5) is 0 Å². The number of ketones is 2. The third-order valence-electron chi connectivity index (χ3n) is 6.42. The molecular weight excluding hydrogens is 392 g/mol. The van der Waals surface area contributed by atoms with Gasteiger partial charge in [0.1, 0.15) is 11.5 Å². The predicted molar refractivity (Wildman–Crippen MR) is 118 cm³/mol. The van der Waals surface area contributed by atoms with Crippen LogP contribution in [-0.4, -0.2) is 25.3 Å². The topological polar surface area (TPSA) is 61.8 Å². The Morgan fingerprint density at radius 3 is 2.19 bits per heavy atom. The number of rotatable bonds is 8. The van der Waals surface area contributed by atoms with E-state index in [-0.39, 0.29) is 17.5 Å². The molecule has 0 fully saturated rings. The molecule has 5 heteroatoms. The molecule has 5 nitrogen and oxygen atoms in total. The van der Waals surface area contributed by atoms with Crippen molar-refractivity contribution in [2.24, 2.45) is 0 Å². The molecular formula is C26H32O5. The number of allylic oxidation sites excluding steroid dienone is 4. The van der Waals surface area contributed by atoms with E-state index in [1.807, 2.05) is 18.2 Å². The van der Waals surface area contributed by atoms with Crippen LogP contribution in [0.25, 0.3) is 0 Å². The summed E-state index contributed by atoms with van der Waals surface area (Å²) in [5.41, 5.74) is 2.22. The normalized spacial score (nSPS) is 19.2. The summed E-state index contributed by atoms with van der Waals surface area (Å²) in [4.78, 5) is 25.8. The van der Waals surface area contributed by atoms with E-state index in [9.17, 15) is 9.59 Å². The number of carbonyl (C=O) groups excluding carboxylic acids is 2. The number of methoxy groups -OCH3 is 1. The van der Waals surface area contributed by atoms with Crippen molar-refractivity contribution < 1.29 is 23.8 Å². The zero-order valence-electron chi connectivity index (χ0n) is 18.6. The monoisotopic (exact) mass is 424 g/mol. The van der Waals surface area contributed by atoms with Crippen LogP contribution in [0.5, 0.6) is 11.5 Å². The van der Waals surface area contributed by atoms with Crippen molar-refractivity contribution in [2.45, 2.75) is 77.0 Å². The number of unbranched alkanes of at least 4 members (excludes halogenated alkanes) is 3. The molecule has 0 N–H and O–H groups in total. The number of benzene rings is 1. The van der Waals surface area contributed by atoms with Gasteiger partial charge in [-0.15, -0.1) is 0 Å². The summed E-state index contributed by atoms with van der Waals surface area (Å²) in [5, 5.41) is 0. The lowest BCUT2D eigenvalue weighted by Crippen LogP contribution is -2.30. The van der Waals surface area contributed by atoms with Gasteiger partial charge in [0.25, 0.3) is 0 Å². The van der Waals surface area contributed by atoms with Crippen molar-refractivity contribution >= 4 is 11.6 Å². The van der Waals surface area contributed by atoms with Gasteiger partial charge < -0.3 is 14.2 Å². The lowest BCUT2D eigenvalue weighted by molar-refractivity contribution is -0.117. The van der Waals surface area contributed by atoms with Crippen molar-refractivity contribution in [3.8, 4) is 11.5 Å². The van der Waals surface area contributed by atoms with Gasteiger partial charge in [-0.1, -0.05) is 32.3 Å². The van der Waals surface area contributed by atoms with Gasteiger partial charge in [0.15, 0.2) is 23.1 Å². The molecule has 3 aliphatic rings. The summed E-state index contributed by atoms with van der Waals surface area (Å²) in [6.45, 7) is 2.84. The Kier molecular flexibility index (Phi) is 6.79. The van der Waals surface area contributed by atoms with Crippen LogP contribution in [0.3, 0.4) is 0 Å². The Morgan fingerprint density at radius 1 is 0.903 bits per heavy atom. The number of ether oxygens (including phenoxy) is 3. The first kappa shape index (κ1) is 21.7. The zero-order valence-corrected chi connectivity index (χ0v) is 18.6. The summed E-state index contributed by atoms with van der Waals surface area (Å²) in [6.07, 6.45) is 8.67. The van der Waals surface area contributed by atoms with Gasteiger partial charge in [0.05, 0.1) is 13.7 Å². The second-order valence-electron chi connectivity index (χ2n) is 8.58. The van der Waals surface area contributed by atoms with E-state index in [4.69, 9.17) is 14.2 Å². The van der Waals surface area contributed by atoms with Crippen molar-refractivity contribution in [1.29, 1.82) is 0 Å². The maximum absolute atomic E-state index is 12.9. The van der Waals surface area contributed by atoms with E-state index in [1.54, 1.807) is 7.11 Å². The quantitative estimate of drug-likeness (QED) is 0.495. The van der Waals surface area contributed by atoms with Gasteiger partial charge in [-0.25, -0.2) is 0 Å². The lowest BCUT2D eigenvalue weighted by atomic mass is 9.73. The van der Waals surface area contributed by atoms with Crippen molar-refractivity contribution in [1.82, 2.24) is 0 Å². The third-order valence-corrected chi connectivity index (χ3v) is 6.42. The molecule has 0 unspecified atom stereocenters. The molecule has 1 aromatic rings. The minimum atomic E-state index is -0.369. The molecule has 0 atom stereocenters. The summed E-state index contributed by atoms with van der Waals surface area (Å²) in [7, 11) is 1.62. The smallest absolute Gasteiger partial charge is 0.163 e. The predicted octanol–water partition coefficient (Wildman–Crippen LogP) is 5.78. The number of carbonyl (C=O) groups is 2. The standard InChI is InChI=1S/C26H32O5/c1-3-4-5-6-15-30-20-14-13-17(16-23(20)29-2)24-25-18(27)9-7-11-21(25)31-22-12-8-10-19(28)26(22)24/h13-14,16,24H,3-12,15H2,1-2H3. The molecule has 2 aliphatic carbocycles. The highest BCUT2D eigenvalue weighted by Gasteiger charge is 2.41.